The van der Waals surface area contributed by atoms with Gasteiger partial charge in [-0.2, -0.15) is 0 Å². The van der Waals surface area contributed by atoms with Gasteiger partial charge in [-0.25, -0.2) is 9.97 Å². The molecule has 0 saturated carbocycles. The fraction of sp³-hybridized carbons (Fsp3) is 0.273. The molecule has 3 heterocycles. The van der Waals surface area contributed by atoms with Crippen LogP contribution in [0.1, 0.15) is 29.7 Å². The Bertz CT molecular complexity index is 1440. The lowest BCUT2D eigenvalue weighted by molar-refractivity contribution is -0.384. The molecular formula is C22H19N5O4S2. The Hall–Kier alpha value is -3.44. The van der Waals surface area contributed by atoms with Crippen molar-refractivity contribution < 1.29 is 9.72 Å². The molecule has 0 bridgehead atoms. The summed E-state index contributed by atoms with van der Waals surface area (Å²) in [6.07, 6.45) is 5.77. The number of nitro groups is 1. The average Bonchev–Trinajstić information content (AvgIpc) is 3.43. The third kappa shape index (κ3) is 4.29. The van der Waals surface area contributed by atoms with Crippen LogP contribution >= 0.6 is 22.7 Å². The molecule has 0 spiro atoms. The normalized spacial score (nSPS) is 13.1. The molecule has 0 fully saturated rings. The Morgan fingerprint density at radius 3 is 2.97 bits per heavy atom. The molecule has 1 aromatic carbocycles. The van der Waals surface area contributed by atoms with Crippen LogP contribution in [-0.2, 0) is 24.2 Å². The van der Waals surface area contributed by atoms with Crippen LogP contribution in [0.15, 0.2) is 40.8 Å². The van der Waals surface area contributed by atoms with E-state index in [9.17, 15) is 19.7 Å². The van der Waals surface area contributed by atoms with E-state index in [2.05, 4.69) is 15.3 Å². The van der Waals surface area contributed by atoms with Crippen LogP contribution in [0.5, 0.6) is 0 Å². The number of amides is 1. The number of thiazole rings is 1. The van der Waals surface area contributed by atoms with Crippen molar-refractivity contribution in [3.05, 3.63) is 66.9 Å². The van der Waals surface area contributed by atoms with Crippen molar-refractivity contribution in [2.24, 2.45) is 0 Å². The first-order valence-corrected chi connectivity index (χ1v) is 12.2. The van der Waals surface area contributed by atoms with Gasteiger partial charge >= 0.3 is 0 Å². The number of anilines is 1. The zero-order valence-corrected chi connectivity index (χ0v) is 19.1. The minimum Gasteiger partial charge on any atom is -0.302 e. The quantitative estimate of drug-likeness (QED) is 0.322. The highest BCUT2D eigenvalue weighted by atomic mass is 32.1. The maximum Gasteiger partial charge on any atom is 0.270 e. The monoisotopic (exact) mass is 481 g/mol. The molecule has 1 amide bonds. The number of hydrogen-bond donors (Lipinski definition) is 1. The first-order valence-electron chi connectivity index (χ1n) is 10.5. The van der Waals surface area contributed by atoms with Crippen LogP contribution in [0, 0.1) is 10.1 Å². The van der Waals surface area contributed by atoms with E-state index in [1.165, 1.54) is 39.2 Å². The number of carbonyl (C=O) groups excluding carboxylic acids is 1. The molecule has 0 saturated heterocycles. The van der Waals surface area contributed by atoms with E-state index in [1.807, 2.05) is 0 Å². The summed E-state index contributed by atoms with van der Waals surface area (Å²) in [6.45, 7) is 0.224. The van der Waals surface area contributed by atoms with E-state index >= 15 is 0 Å². The van der Waals surface area contributed by atoms with E-state index in [1.54, 1.807) is 28.8 Å². The van der Waals surface area contributed by atoms with Crippen molar-refractivity contribution in [3.63, 3.8) is 0 Å². The molecule has 4 aromatic rings. The Kier molecular flexibility index (Phi) is 5.73. The maximum atomic E-state index is 13.0. The molecule has 33 heavy (non-hydrogen) atoms. The number of aromatic nitrogens is 3. The number of non-ortho nitro benzene ring substituents is 1. The topological polar surface area (TPSA) is 120 Å². The molecule has 0 radical (unpaired) electrons. The molecule has 3 aromatic heterocycles. The third-order valence-corrected chi connectivity index (χ3v) is 7.58. The molecule has 1 aliphatic carbocycles. The fourth-order valence-electron chi connectivity index (χ4n) is 3.99. The van der Waals surface area contributed by atoms with Crippen molar-refractivity contribution in [3.8, 4) is 11.3 Å². The van der Waals surface area contributed by atoms with Gasteiger partial charge in [-0.05, 0) is 31.2 Å². The highest BCUT2D eigenvalue weighted by Crippen LogP contribution is 2.33. The summed E-state index contributed by atoms with van der Waals surface area (Å²) in [7, 11) is 0. The van der Waals surface area contributed by atoms with Crippen molar-refractivity contribution in [1.82, 2.24) is 14.5 Å². The van der Waals surface area contributed by atoms with E-state index in [-0.39, 0.29) is 30.1 Å². The predicted octanol–water partition coefficient (Wildman–Crippen LogP) is 4.40. The van der Waals surface area contributed by atoms with Crippen LogP contribution < -0.4 is 10.9 Å². The Morgan fingerprint density at radius 1 is 1.27 bits per heavy atom. The van der Waals surface area contributed by atoms with Crippen LogP contribution in [-0.4, -0.2) is 25.4 Å². The van der Waals surface area contributed by atoms with Gasteiger partial charge in [-0.3, -0.25) is 24.3 Å². The number of hydrogen-bond acceptors (Lipinski definition) is 8. The number of carbonyl (C=O) groups is 1. The second-order valence-corrected chi connectivity index (χ2v) is 9.72. The zero-order chi connectivity index (χ0) is 22.9. The average molecular weight is 482 g/mol. The molecule has 11 heteroatoms. The van der Waals surface area contributed by atoms with Crippen molar-refractivity contribution in [2.75, 3.05) is 5.32 Å². The summed E-state index contributed by atoms with van der Waals surface area (Å²) >= 11 is 2.84. The van der Waals surface area contributed by atoms with Gasteiger partial charge in [0.25, 0.3) is 11.2 Å². The fourth-order valence-corrected chi connectivity index (χ4v) is 5.94. The molecule has 0 aliphatic heterocycles. The lowest BCUT2D eigenvalue weighted by Gasteiger charge is -2.10. The van der Waals surface area contributed by atoms with Crippen molar-refractivity contribution in [1.29, 1.82) is 0 Å². The van der Waals surface area contributed by atoms with Gasteiger partial charge in [0.05, 0.1) is 22.3 Å². The van der Waals surface area contributed by atoms with Crippen LogP contribution in [0.4, 0.5) is 10.8 Å². The SMILES string of the molecule is O=C(CCn1cnc2sc3c(c2c1=O)CCCC3)Nc1nc(-c2cccc([N+](=O)[O-])c2)cs1. The van der Waals surface area contributed by atoms with Gasteiger partial charge in [0.15, 0.2) is 5.13 Å². The number of nitrogens with zero attached hydrogens (tertiary/aromatic N) is 4. The first kappa shape index (κ1) is 21.4. The van der Waals surface area contributed by atoms with E-state index in [0.29, 0.717) is 21.8 Å². The highest BCUT2D eigenvalue weighted by Gasteiger charge is 2.20. The smallest absolute Gasteiger partial charge is 0.270 e. The Balaban J connectivity index is 1.27. The largest absolute Gasteiger partial charge is 0.302 e. The zero-order valence-electron chi connectivity index (χ0n) is 17.4. The van der Waals surface area contributed by atoms with Crippen LogP contribution in [0.25, 0.3) is 21.5 Å². The van der Waals surface area contributed by atoms with Crippen molar-refractivity contribution >= 4 is 49.6 Å². The number of nitrogens with one attached hydrogen (secondary N) is 1. The summed E-state index contributed by atoms with van der Waals surface area (Å²) in [4.78, 5) is 46.9. The molecule has 9 nitrogen and oxygen atoms in total. The van der Waals surface area contributed by atoms with Crippen LogP contribution in [0.2, 0.25) is 0 Å². The summed E-state index contributed by atoms with van der Waals surface area (Å²) in [6, 6.07) is 6.18. The lowest BCUT2D eigenvalue weighted by Crippen LogP contribution is -2.24. The summed E-state index contributed by atoms with van der Waals surface area (Å²) in [5.74, 6) is -0.269. The maximum absolute atomic E-state index is 13.0. The Labute approximate surface area is 195 Å². The Morgan fingerprint density at radius 2 is 2.12 bits per heavy atom. The minimum atomic E-state index is -0.460. The van der Waals surface area contributed by atoms with E-state index < -0.39 is 4.92 Å². The number of thiophene rings is 1. The molecule has 1 aliphatic rings. The molecule has 0 atom stereocenters. The van der Waals surface area contributed by atoms with Gasteiger partial charge in [0, 0.05) is 40.9 Å². The predicted molar refractivity (Wildman–Crippen MR) is 128 cm³/mol. The number of fused-ring (bicyclic) bond motifs is 3. The summed E-state index contributed by atoms with van der Waals surface area (Å²) < 4.78 is 1.50. The van der Waals surface area contributed by atoms with Gasteiger partial charge < -0.3 is 5.32 Å². The third-order valence-electron chi connectivity index (χ3n) is 5.62. The number of benzene rings is 1. The molecule has 5 rings (SSSR count). The van der Waals surface area contributed by atoms with Gasteiger partial charge in [0.2, 0.25) is 5.91 Å². The van der Waals surface area contributed by atoms with Crippen molar-refractivity contribution in [2.45, 2.75) is 38.6 Å². The molecule has 168 valence electrons. The van der Waals surface area contributed by atoms with E-state index in [4.69, 9.17) is 0 Å². The molecule has 0 unspecified atom stereocenters. The van der Waals surface area contributed by atoms with Crippen LogP contribution in [0.3, 0.4) is 0 Å². The molecular weight excluding hydrogens is 462 g/mol. The summed E-state index contributed by atoms with van der Waals surface area (Å²) in [5.41, 5.74) is 2.18. The standard InChI is InChI=1S/C22H19N5O4S2/c28-18(25-22-24-16(11-32-22)13-4-3-5-14(10-13)27(30)31)8-9-26-12-23-20-19(21(26)29)15-6-1-2-7-17(15)33-20/h3-5,10-12H,1-2,6-9H2,(H,24,25,28). The second kappa shape index (κ2) is 8.83. The second-order valence-electron chi connectivity index (χ2n) is 7.78. The highest BCUT2D eigenvalue weighted by molar-refractivity contribution is 7.18. The van der Waals surface area contributed by atoms with Gasteiger partial charge in [0.1, 0.15) is 4.83 Å². The minimum absolute atomic E-state index is 0.0194. The first-order chi connectivity index (χ1) is 16.0. The number of rotatable bonds is 6. The van der Waals surface area contributed by atoms with Gasteiger partial charge in [-0.15, -0.1) is 22.7 Å². The number of nitro benzene ring substituents is 1. The summed E-state index contributed by atoms with van der Waals surface area (Å²) in [5, 5.41) is 16.6. The molecule has 1 N–H and O–H groups in total. The van der Waals surface area contributed by atoms with E-state index in [0.717, 1.165) is 36.1 Å². The number of aryl methyl sites for hydroxylation is 3. The van der Waals surface area contributed by atoms with Gasteiger partial charge in [-0.1, -0.05) is 12.1 Å². The lowest BCUT2D eigenvalue weighted by atomic mass is 9.97.